The van der Waals surface area contributed by atoms with E-state index in [4.69, 9.17) is 5.11 Å². The van der Waals surface area contributed by atoms with Crippen LogP contribution in [0.1, 0.15) is 20.7 Å². The second-order valence-electron chi connectivity index (χ2n) is 3.22. The van der Waals surface area contributed by atoms with Gasteiger partial charge in [-0.1, -0.05) is 17.3 Å². The Morgan fingerprint density at radius 3 is 2.53 bits per heavy atom. The van der Waals surface area contributed by atoms with Crippen molar-refractivity contribution in [1.29, 1.82) is 0 Å². The van der Waals surface area contributed by atoms with Gasteiger partial charge in [0.25, 0.3) is 5.91 Å². The minimum Gasteiger partial charge on any atom is -0.478 e. The summed E-state index contributed by atoms with van der Waals surface area (Å²) in [6.07, 6.45) is 2.57. The molecule has 2 aromatic rings. The van der Waals surface area contributed by atoms with E-state index in [1.54, 1.807) is 12.1 Å². The standard InChI is InChI=1S/C11H8N2O4/c14-10(13-7-5-12-17-6-7)8-3-1-2-4-9(8)11(15)16/h1-6H,(H,13,14)(H,15,16). The summed E-state index contributed by atoms with van der Waals surface area (Å²) in [7, 11) is 0. The third-order valence-electron chi connectivity index (χ3n) is 2.09. The van der Waals surface area contributed by atoms with E-state index in [9.17, 15) is 9.59 Å². The predicted octanol–water partition coefficient (Wildman–Crippen LogP) is 1.63. The Morgan fingerprint density at radius 1 is 1.24 bits per heavy atom. The molecular weight excluding hydrogens is 224 g/mol. The third kappa shape index (κ3) is 2.31. The van der Waals surface area contributed by atoms with Gasteiger partial charge in [0.2, 0.25) is 0 Å². The Morgan fingerprint density at radius 2 is 1.94 bits per heavy atom. The van der Waals surface area contributed by atoms with Gasteiger partial charge in [0, 0.05) is 0 Å². The van der Waals surface area contributed by atoms with E-state index in [0.29, 0.717) is 5.69 Å². The van der Waals surface area contributed by atoms with Gasteiger partial charge in [0.15, 0.2) is 0 Å². The minimum atomic E-state index is -1.15. The molecule has 86 valence electrons. The van der Waals surface area contributed by atoms with Crippen LogP contribution < -0.4 is 5.32 Å². The maximum absolute atomic E-state index is 11.8. The largest absolute Gasteiger partial charge is 0.478 e. The average molecular weight is 232 g/mol. The number of benzene rings is 1. The molecule has 17 heavy (non-hydrogen) atoms. The number of carboxylic acids is 1. The maximum Gasteiger partial charge on any atom is 0.336 e. The number of carbonyl (C=O) groups excluding carboxylic acids is 1. The third-order valence-corrected chi connectivity index (χ3v) is 2.09. The maximum atomic E-state index is 11.8. The molecule has 1 aromatic carbocycles. The van der Waals surface area contributed by atoms with E-state index in [1.807, 2.05) is 0 Å². The Labute approximate surface area is 95.9 Å². The van der Waals surface area contributed by atoms with Crippen molar-refractivity contribution >= 4 is 17.6 Å². The van der Waals surface area contributed by atoms with Crippen LogP contribution in [-0.4, -0.2) is 22.1 Å². The molecule has 2 N–H and O–H groups in total. The summed E-state index contributed by atoms with van der Waals surface area (Å²) in [5, 5.41) is 14.8. The summed E-state index contributed by atoms with van der Waals surface area (Å²) in [4.78, 5) is 22.7. The zero-order chi connectivity index (χ0) is 12.3. The van der Waals surface area contributed by atoms with E-state index >= 15 is 0 Å². The first-order chi connectivity index (χ1) is 8.18. The molecule has 1 heterocycles. The number of carboxylic acid groups (broad SMARTS) is 1. The molecule has 0 aliphatic heterocycles. The number of carbonyl (C=O) groups is 2. The normalized spacial score (nSPS) is 9.88. The fourth-order valence-electron chi connectivity index (χ4n) is 1.33. The summed E-state index contributed by atoms with van der Waals surface area (Å²) >= 11 is 0. The molecule has 1 amide bonds. The highest BCUT2D eigenvalue weighted by atomic mass is 16.5. The molecule has 0 radical (unpaired) electrons. The molecule has 0 atom stereocenters. The fourth-order valence-corrected chi connectivity index (χ4v) is 1.33. The lowest BCUT2D eigenvalue weighted by molar-refractivity contribution is 0.0692. The van der Waals surface area contributed by atoms with E-state index < -0.39 is 11.9 Å². The molecule has 0 saturated carbocycles. The molecule has 0 bridgehead atoms. The molecule has 0 saturated heterocycles. The summed E-state index contributed by atoms with van der Waals surface area (Å²) in [6.45, 7) is 0. The number of aromatic carboxylic acids is 1. The number of hydrogen-bond donors (Lipinski definition) is 2. The number of hydrogen-bond acceptors (Lipinski definition) is 4. The topological polar surface area (TPSA) is 92.4 Å². The summed E-state index contributed by atoms with van der Waals surface area (Å²) in [5.41, 5.74) is 0.401. The number of nitrogens with zero attached hydrogens (tertiary/aromatic N) is 1. The molecule has 0 aliphatic rings. The highest BCUT2D eigenvalue weighted by molar-refractivity contribution is 6.10. The van der Waals surface area contributed by atoms with Crippen molar-refractivity contribution in [2.24, 2.45) is 0 Å². The zero-order valence-corrected chi connectivity index (χ0v) is 8.58. The Kier molecular flexibility index (Phi) is 2.87. The minimum absolute atomic E-state index is 0.0542. The molecular formula is C11H8N2O4. The fraction of sp³-hybridized carbons (Fsp3) is 0. The molecule has 0 fully saturated rings. The van der Waals surface area contributed by atoms with Crippen LogP contribution in [0.2, 0.25) is 0 Å². The van der Waals surface area contributed by atoms with E-state index in [1.165, 1.54) is 24.6 Å². The Bertz CT molecular complexity index is 548. The number of rotatable bonds is 3. The van der Waals surface area contributed by atoms with Gasteiger partial charge < -0.3 is 14.9 Å². The number of amides is 1. The van der Waals surface area contributed by atoms with Gasteiger partial charge in [0.1, 0.15) is 12.0 Å². The van der Waals surface area contributed by atoms with Crippen molar-refractivity contribution in [2.75, 3.05) is 5.32 Å². The van der Waals surface area contributed by atoms with Gasteiger partial charge in [-0.2, -0.15) is 0 Å². The Balaban J connectivity index is 2.28. The van der Waals surface area contributed by atoms with Gasteiger partial charge in [0.05, 0.1) is 17.3 Å². The second-order valence-corrected chi connectivity index (χ2v) is 3.22. The first-order valence-corrected chi connectivity index (χ1v) is 4.71. The van der Waals surface area contributed by atoms with Crippen LogP contribution in [0.5, 0.6) is 0 Å². The van der Waals surface area contributed by atoms with Gasteiger partial charge in [-0.05, 0) is 12.1 Å². The first-order valence-electron chi connectivity index (χ1n) is 4.71. The van der Waals surface area contributed by atoms with Crippen molar-refractivity contribution < 1.29 is 19.2 Å². The van der Waals surface area contributed by atoms with Gasteiger partial charge in [-0.25, -0.2) is 4.79 Å². The predicted molar refractivity (Wildman–Crippen MR) is 57.9 cm³/mol. The van der Waals surface area contributed by atoms with E-state index in [0.717, 1.165) is 0 Å². The molecule has 1 aromatic heterocycles. The molecule has 0 spiro atoms. The smallest absolute Gasteiger partial charge is 0.336 e. The molecule has 6 nitrogen and oxygen atoms in total. The van der Waals surface area contributed by atoms with Crippen LogP contribution in [-0.2, 0) is 0 Å². The monoisotopic (exact) mass is 232 g/mol. The van der Waals surface area contributed by atoms with E-state index in [-0.39, 0.29) is 11.1 Å². The molecule has 0 unspecified atom stereocenters. The zero-order valence-electron chi connectivity index (χ0n) is 8.58. The summed E-state index contributed by atoms with van der Waals surface area (Å²) in [6, 6.07) is 5.95. The van der Waals surface area contributed by atoms with Gasteiger partial charge in [-0.3, -0.25) is 4.79 Å². The second kappa shape index (κ2) is 4.48. The van der Waals surface area contributed by atoms with Crippen LogP contribution in [0.15, 0.2) is 41.2 Å². The van der Waals surface area contributed by atoms with Gasteiger partial charge >= 0.3 is 5.97 Å². The highest BCUT2D eigenvalue weighted by Gasteiger charge is 2.16. The average Bonchev–Trinajstić information content (AvgIpc) is 2.81. The lowest BCUT2D eigenvalue weighted by atomic mass is 10.1. The van der Waals surface area contributed by atoms with Crippen molar-refractivity contribution in [3.8, 4) is 0 Å². The molecule has 2 rings (SSSR count). The van der Waals surface area contributed by atoms with Crippen molar-refractivity contribution in [3.05, 3.63) is 47.9 Å². The molecule has 0 aliphatic carbocycles. The number of anilines is 1. The van der Waals surface area contributed by atoms with Crippen molar-refractivity contribution in [1.82, 2.24) is 5.16 Å². The summed E-state index contributed by atoms with van der Waals surface area (Å²) < 4.78 is 4.55. The number of aromatic nitrogens is 1. The molecule has 6 heteroatoms. The van der Waals surface area contributed by atoms with Crippen LogP contribution in [0.4, 0.5) is 5.69 Å². The highest BCUT2D eigenvalue weighted by Crippen LogP contribution is 2.12. The van der Waals surface area contributed by atoms with Crippen LogP contribution in [0.25, 0.3) is 0 Å². The summed E-state index contributed by atoms with van der Waals surface area (Å²) in [5.74, 6) is -1.67. The van der Waals surface area contributed by atoms with Gasteiger partial charge in [-0.15, -0.1) is 0 Å². The van der Waals surface area contributed by atoms with Crippen LogP contribution in [0.3, 0.4) is 0 Å². The van der Waals surface area contributed by atoms with Crippen molar-refractivity contribution in [2.45, 2.75) is 0 Å². The van der Waals surface area contributed by atoms with Crippen LogP contribution >= 0.6 is 0 Å². The van der Waals surface area contributed by atoms with Crippen LogP contribution in [0, 0.1) is 0 Å². The number of nitrogens with one attached hydrogen (secondary N) is 1. The lowest BCUT2D eigenvalue weighted by Gasteiger charge is -2.04. The van der Waals surface area contributed by atoms with Crippen molar-refractivity contribution in [3.63, 3.8) is 0 Å². The Hall–Kier alpha value is -2.63. The quantitative estimate of drug-likeness (QED) is 0.838. The SMILES string of the molecule is O=C(O)c1ccccc1C(=O)Nc1cnoc1. The first kappa shape index (κ1) is 10.9. The lowest BCUT2D eigenvalue weighted by Crippen LogP contribution is -2.15. The van der Waals surface area contributed by atoms with E-state index in [2.05, 4.69) is 15.0 Å².